The molecule has 0 aromatic rings. The normalized spacial score (nSPS) is 36.0. The number of hydrogen-bond acceptors (Lipinski definition) is 3. The Kier molecular flexibility index (Phi) is 5.64. The van der Waals surface area contributed by atoms with E-state index in [1.54, 1.807) is 0 Å². The van der Waals surface area contributed by atoms with E-state index < -0.39 is 0 Å². The molecule has 2 aliphatic rings. The van der Waals surface area contributed by atoms with Crippen LogP contribution in [-0.2, 0) is 0 Å². The molecule has 0 aromatic heterocycles. The molecule has 1 saturated heterocycles. The second-order valence-electron chi connectivity index (χ2n) is 5.76. The summed E-state index contributed by atoms with van der Waals surface area (Å²) in [4.78, 5) is 0. The first kappa shape index (κ1) is 13.7. The Morgan fingerprint density at radius 2 is 2.06 bits per heavy atom. The van der Waals surface area contributed by atoms with Gasteiger partial charge in [-0.2, -0.15) is 11.8 Å². The lowest BCUT2D eigenvalue weighted by Crippen LogP contribution is -2.46. The van der Waals surface area contributed by atoms with E-state index >= 15 is 0 Å². The van der Waals surface area contributed by atoms with Gasteiger partial charge in [-0.15, -0.1) is 0 Å². The summed E-state index contributed by atoms with van der Waals surface area (Å²) in [6.07, 6.45) is 12.0. The van der Waals surface area contributed by atoms with Gasteiger partial charge in [0, 0.05) is 23.4 Å². The van der Waals surface area contributed by atoms with Crippen LogP contribution in [0.25, 0.3) is 0 Å². The van der Waals surface area contributed by atoms with E-state index in [1.165, 1.54) is 51.5 Å². The largest absolute Gasteiger partial charge is 0.314 e. The molecule has 1 aliphatic carbocycles. The van der Waals surface area contributed by atoms with Gasteiger partial charge in [-0.05, 0) is 51.8 Å². The first-order valence-corrected chi connectivity index (χ1v) is 8.60. The van der Waals surface area contributed by atoms with Crippen LogP contribution in [0.5, 0.6) is 0 Å². The summed E-state index contributed by atoms with van der Waals surface area (Å²) in [6, 6.07) is 2.20. The van der Waals surface area contributed by atoms with Crippen molar-refractivity contribution < 1.29 is 0 Å². The Hall–Kier alpha value is 0.270. The van der Waals surface area contributed by atoms with Gasteiger partial charge in [0.05, 0.1) is 0 Å². The van der Waals surface area contributed by atoms with Gasteiger partial charge >= 0.3 is 0 Å². The van der Waals surface area contributed by atoms with E-state index in [4.69, 9.17) is 0 Å². The summed E-state index contributed by atoms with van der Waals surface area (Å²) in [7, 11) is 0. The third kappa shape index (κ3) is 4.15. The van der Waals surface area contributed by atoms with Gasteiger partial charge in [-0.1, -0.05) is 12.8 Å². The van der Waals surface area contributed by atoms with Crippen LogP contribution in [0.1, 0.15) is 51.9 Å². The SMILES string of the molecule is CSC1CCCCC1NC(C)CC1CCCN1. The lowest BCUT2D eigenvalue weighted by molar-refractivity contribution is 0.331. The average molecular weight is 256 g/mol. The van der Waals surface area contributed by atoms with E-state index in [9.17, 15) is 0 Å². The van der Waals surface area contributed by atoms with E-state index in [2.05, 4.69) is 35.6 Å². The Morgan fingerprint density at radius 3 is 2.76 bits per heavy atom. The lowest BCUT2D eigenvalue weighted by atomic mass is 9.93. The molecule has 100 valence electrons. The second-order valence-corrected chi connectivity index (χ2v) is 6.84. The fraction of sp³-hybridized carbons (Fsp3) is 1.00. The zero-order valence-electron chi connectivity index (χ0n) is 11.4. The van der Waals surface area contributed by atoms with Crippen LogP contribution >= 0.6 is 11.8 Å². The van der Waals surface area contributed by atoms with Crippen molar-refractivity contribution in [1.29, 1.82) is 0 Å². The lowest BCUT2D eigenvalue weighted by Gasteiger charge is -2.34. The first-order chi connectivity index (χ1) is 8.29. The molecule has 2 fully saturated rings. The van der Waals surface area contributed by atoms with Crippen LogP contribution < -0.4 is 10.6 Å². The van der Waals surface area contributed by atoms with Gasteiger partial charge in [0.15, 0.2) is 0 Å². The summed E-state index contributed by atoms with van der Waals surface area (Å²) in [5.74, 6) is 0. The fourth-order valence-corrected chi connectivity index (χ4v) is 4.33. The van der Waals surface area contributed by atoms with Gasteiger partial charge in [-0.25, -0.2) is 0 Å². The summed E-state index contributed by atoms with van der Waals surface area (Å²) in [6.45, 7) is 3.60. The van der Waals surface area contributed by atoms with Gasteiger partial charge in [0.1, 0.15) is 0 Å². The molecular weight excluding hydrogens is 228 g/mol. The molecule has 0 spiro atoms. The van der Waals surface area contributed by atoms with Crippen molar-refractivity contribution >= 4 is 11.8 Å². The molecule has 3 heteroatoms. The predicted octanol–water partition coefficient (Wildman–Crippen LogP) is 2.78. The first-order valence-electron chi connectivity index (χ1n) is 7.32. The molecule has 1 saturated carbocycles. The van der Waals surface area contributed by atoms with Gasteiger partial charge < -0.3 is 10.6 Å². The minimum Gasteiger partial charge on any atom is -0.314 e. The summed E-state index contributed by atoms with van der Waals surface area (Å²) >= 11 is 2.06. The van der Waals surface area contributed by atoms with Crippen molar-refractivity contribution in [3.63, 3.8) is 0 Å². The molecule has 4 atom stereocenters. The number of rotatable bonds is 5. The summed E-state index contributed by atoms with van der Waals surface area (Å²) < 4.78 is 0. The zero-order chi connectivity index (χ0) is 12.1. The molecule has 0 radical (unpaired) electrons. The van der Waals surface area contributed by atoms with Crippen LogP contribution in [-0.4, -0.2) is 36.2 Å². The highest BCUT2D eigenvalue weighted by Crippen LogP contribution is 2.27. The number of hydrogen-bond donors (Lipinski definition) is 2. The minimum absolute atomic E-state index is 0.670. The highest BCUT2D eigenvalue weighted by Gasteiger charge is 2.26. The van der Waals surface area contributed by atoms with Gasteiger partial charge in [0.25, 0.3) is 0 Å². The second kappa shape index (κ2) is 7.01. The summed E-state index contributed by atoms with van der Waals surface area (Å²) in [5, 5.41) is 8.34. The Bertz CT molecular complexity index is 216. The highest BCUT2D eigenvalue weighted by atomic mass is 32.2. The van der Waals surface area contributed by atoms with E-state index in [0.29, 0.717) is 6.04 Å². The van der Waals surface area contributed by atoms with Crippen LogP contribution in [0.15, 0.2) is 0 Å². The molecule has 1 heterocycles. The van der Waals surface area contributed by atoms with Crippen LogP contribution in [0.3, 0.4) is 0 Å². The van der Waals surface area contributed by atoms with Crippen molar-refractivity contribution in [2.75, 3.05) is 12.8 Å². The van der Waals surface area contributed by atoms with Crippen molar-refractivity contribution in [3.8, 4) is 0 Å². The molecular formula is C14H28N2S. The third-order valence-corrected chi connectivity index (χ3v) is 5.47. The molecule has 4 unspecified atom stereocenters. The number of nitrogens with one attached hydrogen (secondary N) is 2. The Balaban J connectivity index is 1.73. The summed E-state index contributed by atoms with van der Waals surface area (Å²) in [5.41, 5.74) is 0. The topological polar surface area (TPSA) is 24.1 Å². The van der Waals surface area contributed by atoms with Crippen LogP contribution in [0.2, 0.25) is 0 Å². The highest BCUT2D eigenvalue weighted by molar-refractivity contribution is 7.99. The van der Waals surface area contributed by atoms with Crippen molar-refractivity contribution in [3.05, 3.63) is 0 Å². The van der Waals surface area contributed by atoms with Crippen molar-refractivity contribution in [2.45, 2.75) is 75.2 Å². The van der Waals surface area contributed by atoms with Crippen molar-refractivity contribution in [1.82, 2.24) is 10.6 Å². The quantitative estimate of drug-likeness (QED) is 0.791. The maximum absolute atomic E-state index is 3.89. The maximum Gasteiger partial charge on any atom is 0.0198 e. The van der Waals surface area contributed by atoms with Gasteiger partial charge in [0.2, 0.25) is 0 Å². The Morgan fingerprint density at radius 1 is 1.24 bits per heavy atom. The van der Waals surface area contributed by atoms with E-state index in [-0.39, 0.29) is 0 Å². The molecule has 1 aliphatic heterocycles. The van der Waals surface area contributed by atoms with Crippen molar-refractivity contribution in [2.24, 2.45) is 0 Å². The predicted molar refractivity (Wildman–Crippen MR) is 77.8 cm³/mol. The standard InChI is InChI=1S/C14H28N2S/c1-11(10-12-6-5-9-15-12)16-13-7-3-4-8-14(13)17-2/h11-16H,3-10H2,1-2H3. The van der Waals surface area contributed by atoms with E-state index in [1.807, 2.05) is 0 Å². The molecule has 0 bridgehead atoms. The Labute approximate surface area is 111 Å². The third-order valence-electron chi connectivity index (χ3n) is 4.30. The number of thioether (sulfide) groups is 1. The molecule has 17 heavy (non-hydrogen) atoms. The maximum atomic E-state index is 3.89. The van der Waals surface area contributed by atoms with Gasteiger partial charge in [-0.3, -0.25) is 0 Å². The van der Waals surface area contributed by atoms with Crippen LogP contribution in [0.4, 0.5) is 0 Å². The molecule has 2 nitrogen and oxygen atoms in total. The average Bonchev–Trinajstić information content (AvgIpc) is 2.82. The molecule has 0 amide bonds. The molecule has 2 rings (SSSR count). The van der Waals surface area contributed by atoms with E-state index in [0.717, 1.165) is 17.3 Å². The zero-order valence-corrected chi connectivity index (χ0v) is 12.2. The fourth-order valence-electron chi connectivity index (χ4n) is 3.39. The van der Waals surface area contributed by atoms with Crippen LogP contribution in [0, 0.1) is 0 Å². The monoisotopic (exact) mass is 256 g/mol. The smallest absolute Gasteiger partial charge is 0.0198 e. The molecule has 0 aromatic carbocycles. The minimum atomic E-state index is 0.670. The molecule has 2 N–H and O–H groups in total.